The first-order chi connectivity index (χ1) is 7.43. The predicted molar refractivity (Wildman–Crippen MR) is 63.0 cm³/mol. The molecule has 0 aromatic carbocycles. The molecule has 0 radical (unpaired) electrons. The third-order valence-electron chi connectivity index (χ3n) is 4.04. The lowest BCUT2D eigenvalue weighted by molar-refractivity contribution is -0.169. The highest BCUT2D eigenvalue weighted by molar-refractivity contribution is 5.74. The third kappa shape index (κ3) is 1.97. The number of hydrogen-bond donors (Lipinski definition) is 0. The van der Waals surface area contributed by atoms with E-state index in [1.165, 1.54) is 6.42 Å². The summed E-state index contributed by atoms with van der Waals surface area (Å²) in [6.07, 6.45) is 1.22. The number of fused-ring (bicyclic) bond motifs is 2. The summed E-state index contributed by atoms with van der Waals surface area (Å²) in [5.41, 5.74) is 0.233. The van der Waals surface area contributed by atoms with Crippen LogP contribution in [0.5, 0.6) is 0 Å². The maximum absolute atomic E-state index is 11.8. The minimum absolute atomic E-state index is 0.0392. The van der Waals surface area contributed by atoms with Crippen molar-refractivity contribution < 1.29 is 9.53 Å². The molecule has 2 unspecified atom stereocenters. The molecule has 2 heterocycles. The highest BCUT2D eigenvalue weighted by Gasteiger charge is 2.52. The zero-order chi connectivity index (χ0) is 11.9. The summed E-state index contributed by atoms with van der Waals surface area (Å²) in [7, 11) is 0. The quantitative estimate of drug-likeness (QED) is 0.672. The molecule has 0 aromatic rings. The monoisotopic (exact) mass is 225 g/mol. The van der Waals surface area contributed by atoms with Gasteiger partial charge in [0.1, 0.15) is 0 Å². The van der Waals surface area contributed by atoms with Gasteiger partial charge in [-0.3, -0.25) is 9.69 Å². The zero-order valence-corrected chi connectivity index (χ0v) is 10.8. The summed E-state index contributed by atoms with van der Waals surface area (Å²) in [4.78, 5) is 14.3. The Morgan fingerprint density at radius 2 is 1.88 bits per heavy atom. The standard InChI is InChI=1S/C13H23NO2/c1-5-16-12(15)11-9-6-10(11)8-14(7-9)13(2,3)4/h9-11H,5-8H2,1-4H3. The molecule has 2 aliphatic heterocycles. The Morgan fingerprint density at radius 1 is 1.31 bits per heavy atom. The van der Waals surface area contributed by atoms with Gasteiger partial charge in [0.25, 0.3) is 0 Å². The molecule has 3 rings (SSSR count). The molecular weight excluding hydrogens is 202 g/mol. The molecule has 2 bridgehead atoms. The van der Waals surface area contributed by atoms with Gasteiger partial charge in [0.2, 0.25) is 0 Å². The fraction of sp³-hybridized carbons (Fsp3) is 0.923. The normalized spacial score (nSPS) is 34.4. The van der Waals surface area contributed by atoms with E-state index in [1.54, 1.807) is 0 Å². The second-order valence-electron chi connectivity index (χ2n) is 6.11. The largest absolute Gasteiger partial charge is 0.466 e. The van der Waals surface area contributed by atoms with Crippen LogP contribution in [-0.2, 0) is 9.53 Å². The van der Waals surface area contributed by atoms with Gasteiger partial charge in [0, 0.05) is 18.6 Å². The van der Waals surface area contributed by atoms with Crippen molar-refractivity contribution in [3.63, 3.8) is 0 Å². The second kappa shape index (κ2) is 4.02. The zero-order valence-electron chi connectivity index (χ0n) is 10.8. The van der Waals surface area contributed by atoms with Gasteiger partial charge in [-0.1, -0.05) is 0 Å². The summed E-state index contributed by atoms with van der Waals surface area (Å²) in [5.74, 6) is 1.31. The minimum Gasteiger partial charge on any atom is -0.466 e. The van der Waals surface area contributed by atoms with Crippen molar-refractivity contribution >= 4 is 5.97 Å². The van der Waals surface area contributed by atoms with Crippen molar-refractivity contribution in [2.24, 2.45) is 17.8 Å². The number of nitrogens with zero attached hydrogens (tertiary/aromatic N) is 1. The Labute approximate surface area is 98.1 Å². The van der Waals surface area contributed by atoms with Crippen LogP contribution in [0.3, 0.4) is 0 Å². The molecule has 92 valence electrons. The molecule has 2 saturated heterocycles. The summed E-state index contributed by atoms with van der Waals surface area (Å²) < 4.78 is 5.15. The number of hydrogen-bond acceptors (Lipinski definition) is 3. The Bertz CT molecular complexity index is 270. The molecule has 3 nitrogen and oxygen atoms in total. The summed E-state index contributed by atoms with van der Waals surface area (Å²) >= 11 is 0. The van der Waals surface area contributed by atoms with E-state index in [-0.39, 0.29) is 17.4 Å². The van der Waals surface area contributed by atoms with Crippen LogP contribution < -0.4 is 0 Å². The molecule has 3 aliphatic rings. The number of carbonyl (C=O) groups is 1. The smallest absolute Gasteiger partial charge is 0.309 e. The molecule has 2 atom stereocenters. The van der Waals surface area contributed by atoms with Gasteiger partial charge in [-0.2, -0.15) is 0 Å². The fourth-order valence-corrected chi connectivity index (χ4v) is 3.06. The van der Waals surface area contributed by atoms with E-state index in [1.807, 2.05) is 6.92 Å². The summed E-state index contributed by atoms with van der Waals surface area (Å²) in [6.45, 7) is 11.3. The molecule has 3 fully saturated rings. The molecule has 3 heteroatoms. The van der Waals surface area contributed by atoms with Crippen LogP contribution in [0.1, 0.15) is 34.1 Å². The Morgan fingerprint density at radius 3 is 2.31 bits per heavy atom. The van der Waals surface area contributed by atoms with Gasteiger partial charge in [-0.05, 0) is 46.0 Å². The van der Waals surface area contributed by atoms with Crippen LogP contribution in [0, 0.1) is 17.8 Å². The van der Waals surface area contributed by atoms with E-state index in [4.69, 9.17) is 4.74 Å². The summed E-state index contributed by atoms with van der Waals surface area (Å²) in [5, 5.41) is 0. The predicted octanol–water partition coefficient (Wildman–Crippen LogP) is 1.92. The number of esters is 1. The fourth-order valence-electron chi connectivity index (χ4n) is 3.06. The summed E-state index contributed by atoms with van der Waals surface area (Å²) in [6, 6.07) is 0. The molecule has 0 amide bonds. The van der Waals surface area contributed by atoms with E-state index < -0.39 is 0 Å². The molecule has 0 aromatic heterocycles. The van der Waals surface area contributed by atoms with Crippen LogP contribution in [0.25, 0.3) is 0 Å². The number of rotatable bonds is 2. The van der Waals surface area contributed by atoms with Gasteiger partial charge < -0.3 is 4.74 Å². The lowest BCUT2D eigenvalue weighted by atomic mass is 9.61. The lowest BCUT2D eigenvalue weighted by Gasteiger charge is -2.55. The average molecular weight is 225 g/mol. The van der Waals surface area contributed by atoms with Crippen LogP contribution in [0.2, 0.25) is 0 Å². The molecular formula is C13H23NO2. The molecule has 16 heavy (non-hydrogen) atoms. The van der Waals surface area contributed by atoms with Crippen LogP contribution in [0.15, 0.2) is 0 Å². The van der Waals surface area contributed by atoms with Gasteiger partial charge >= 0.3 is 5.97 Å². The Balaban J connectivity index is 1.95. The van der Waals surface area contributed by atoms with Gasteiger partial charge in [0.15, 0.2) is 0 Å². The molecule has 0 N–H and O–H groups in total. The van der Waals surface area contributed by atoms with Crippen molar-refractivity contribution in [2.45, 2.75) is 39.7 Å². The SMILES string of the molecule is CCOC(=O)C1C2CC1CN(C(C)(C)C)C2. The van der Waals surface area contributed by atoms with Gasteiger partial charge in [-0.15, -0.1) is 0 Å². The van der Waals surface area contributed by atoms with Crippen molar-refractivity contribution in [1.82, 2.24) is 4.90 Å². The minimum atomic E-state index is 0.0392. The van der Waals surface area contributed by atoms with Crippen molar-refractivity contribution in [1.29, 1.82) is 0 Å². The highest BCUT2D eigenvalue weighted by atomic mass is 16.5. The second-order valence-corrected chi connectivity index (χ2v) is 6.11. The Kier molecular flexibility index (Phi) is 2.99. The first kappa shape index (κ1) is 11.9. The van der Waals surface area contributed by atoms with Gasteiger partial charge in [-0.25, -0.2) is 0 Å². The van der Waals surface area contributed by atoms with E-state index in [0.29, 0.717) is 18.4 Å². The first-order valence-corrected chi connectivity index (χ1v) is 6.35. The third-order valence-corrected chi connectivity index (χ3v) is 4.04. The highest BCUT2D eigenvalue weighted by Crippen LogP contribution is 2.47. The van der Waals surface area contributed by atoms with Gasteiger partial charge in [0.05, 0.1) is 12.5 Å². The van der Waals surface area contributed by atoms with Crippen LogP contribution >= 0.6 is 0 Å². The number of ether oxygens (including phenoxy) is 1. The van der Waals surface area contributed by atoms with Crippen LogP contribution in [-0.4, -0.2) is 36.1 Å². The van der Waals surface area contributed by atoms with Crippen molar-refractivity contribution in [3.05, 3.63) is 0 Å². The number of carbonyl (C=O) groups excluding carboxylic acids is 1. The maximum atomic E-state index is 11.8. The lowest BCUT2D eigenvalue weighted by Crippen LogP contribution is -2.61. The average Bonchev–Trinajstić information content (AvgIpc) is 2.16. The van der Waals surface area contributed by atoms with E-state index in [9.17, 15) is 4.79 Å². The van der Waals surface area contributed by atoms with E-state index >= 15 is 0 Å². The first-order valence-electron chi connectivity index (χ1n) is 6.35. The molecule has 1 aliphatic carbocycles. The topological polar surface area (TPSA) is 29.5 Å². The van der Waals surface area contributed by atoms with Crippen molar-refractivity contribution in [2.75, 3.05) is 19.7 Å². The Hall–Kier alpha value is -0.570. The maximum Gasteiger partial charge on any atom is 0.309 e. The van der Waals surface area contributed by atoms with Crippen molar-refractivity contribution in [3.8, 4) is 0 Å². The van der Waals surface area contributed by atoms with Crippen LogP contribution in [0.4, 0.5) is 0 Å². The van der Waals surface area contributed by atoms with E-state index in [2.05, 4.69) is 25.7 Å². The van der Waals surface area contributed by atoms with E-state index in [0.717, 1.165) is 13.1 Å². The number of piperidine rings is 2. The molecule has 0 spiro atoms. The molecule has 1 saturated carbocycles.